The SMILES string of the molecule is CCCCCCCCCCCCCC/C=C\CCCCCCCCCCC(=O)NC(COC1OC(CO)C(OC2OC(CO)C(O)C(OC3(C(=O)O)CC(O)C(NC(C)=O)C(C(O)C(O)CO)O3)C2O)C(O)C1O)C(O)/C=C/CCCCCCCCCCCCCCC. The number of hydrogen-bond acceptors (Lipinski definition) is 20. The molecule has 0 radical (unpaired) electrons. The summed E-state index contributed by atoms with van der Waals surface area (Å²) in [7, 11) is 0. The molecule has 0 saturated carbocycles. The topological polar surface area (TPSA) is 373 Å². The first kappa shape index (κ1) is 84.4. The minimum atomic E-state index is -3.08. The molecule has 3 aliphatic rings. The first-order valence-corrected chi connectivity index (χ1v) is 36.2. The van der Waals surface area contributed by atoms with Gasteiger partial charge in [-0.1, -0.05) is 224 Å². The molecule has 3 saturated heterocycles. The molecule has 14 N–H and O–H groups in total. The molecule has 0 bridgehead atoms. The summed E-state index contributed by atoms with van der Waals surface area (Å²) in [6.45, 7) is 2.15. The summed E-state index contributed by atoms with van der Waals surface area (Å²) in [4.78, 5) is 38.6. The Hall–Kier alpha value is -2.79. The zero-order valence-corrected chi connectivity index (χ0v) is 56.9. The maximum atomic E-state index is 13.5. The molecular weight excluding hydrogens is 1200 g/mol. The number of unbranched alkanes of at least 4 members (excludes halogenated alkanes) is 33. The molecule has 0 aromatic heterocycles. The standard InChI is InChI=1S/C70H128N2O21/c1-4-6-8-10-12-14-16-18-20-21-22-23-24-25-26-27-28-30-32-34-36-38-40-42-44-57(80)72-51(52(77)43-41-39-37-35-33-31-29-19-17-15-13-11-9-7-5-2)49-88-67-62(84)61(83)64(56(48-75)90-67)91-68-63(85)66(60(82)55(47-74)89-68)93-70(69(86)87)45-53(78)58(71-50(3)76)65(92-70)59(81)54(79)46-73/h25-26,41,43,51-56,58-68,73-75,77-79,81-85H,4-24,27-40,42,44-49H2,1-3H3,(H,71,76)(H,72,80)(H,86,87)/b26-25-,43-41+. The van der Waals surface area contributed by atoms with Crippen molar-refractivity contribution in [3.8, 4) is 0 Å². The number of carboxylic acid groups (broad SMARTS) is 1. The lowest BCUT2D eigenvalue weighted by atomic mass is 9.88. The van der Waals surface area contributed by atoms with Crippen LogP contribution in [0.5, 0.6) is 0 Å². The van der Waals surface area contributed by atoms with Gasteiger partial charge >= 0.3 is 5.97 Å². The smallest absolute Gasteiger partial charge is 0.364 e. The summed E-state index contributed by atoms with van der Waals surface area (Å²) in [5.74, 6) is -6.14. The van der Waals surface area contributed by atoms with Crippen LogP contribution in [0.3, 0.4) is 0 Å². The second-order valence-corrected chi connectivity index (χ2v) is 26.4. The van der Waals surface area contributed by atoms with Crippen molar-refractivity contribution in [1.29, 1.82) is 0 Å². The fourth-order valence-electron chi connectivity index (χ4n) is 12.6. The lowest BCUT2D eigenvalue weighted by Gasteiger charge is -2.50. The number of carboxylic acids is 1. The van der Waals surface area contributed by atoms with Crippen molar-refractivity contribution in [3.63, 3.8) is 0 Å². The Morgan fingerprint density at radius 2 is 1.01 bits per heavy atom. The van der Waals surface area contributed by atoms with Crippen molar-refractivity contribution in [1.82, 2.24) is 10.6 Å². The van der Waals surface area contributed by atoms with Gasteiger partial charge in [-0.05, 0) is 44.9 Å². The van der Waals surface area contributed by atoms with Crippen LogP contribution < -0.4 is 10.6 Å². The highest BCUT2D eigenvalue weighted by Crippen LogP contribution is 2.39. The van der Waals surface area contributed by atoms with Crippen LogP contribution >= 0.6 is 0 Å². The summed E-state index contributed by atoms with van der Waals surface area (Å²) >= 11 is 0. The van der Waals surface area contributed by atoms with E-state index in [9.17, 15) is 75.7 Å². The normalized spacial score (nSPS) is 28.2. The first-order valence-electron chi connectivity index (χ1n) is 36.2. The van der Waals surface area contributed by atoms with E-state index in [0.717, 1.165) is 58.3 Å². The van der Waals surface area contributed by atoms with Gasteiger partial charge in [0.1, 0.15) is 67.1 Å². The first-order chi connectivity index (χ1) is 44.9. The van der Waals surface area contributed by atoms with Gasteiger partial charge in [-0.25, -0.2) is 4.79 Å². The van der Waals surface area contributed by atoms with Gasteiger partial charge in [0.05, 0.1) is 50.7 Å². The van der Waals surface area contributed by atoms with Gasteiger partial charge in [-0.2, -0.15) is 0 Å². The fourth-order valence-corrected chi connectivity index (χ4v) is 12.6. The highest BCUT2D eigenvalue weighted by molar-refractivity contribution is 5.77. The number of rotatable bonds is 55. The number of amides is 2. The van der Waals surface area contributed by atoms with E-state index in [0.29, 0.717) is 12.8 Å². The van der Waals surface area contributed by atoms with E-state index in [-0.39, 0.29) is 12.3 Å². The van der Waals surface area contributed by atoms with Crippen molar-refractivity contribution in [3.05, 3.63) is 24.3 Å². The molecule has 3 heterocycles. The molecule has 23 heteroatoms. The summed E-state index contributed by atoms with van der Waals surface area (Å²) in [6, 6.07) is -2.62. The monoisotopic (exact) mass is 1330 g/mol. The number of carbonyl (C=O) groups excluding carboxylic acids is 2. The van der Waals surface area contributed by atoms with Gasteiger partial charge in [-0.15, -0.1) is 0 Å². The molecule has 2 amide bonds. The lowest BCUT2D eigenvalue weighted by Crippen LogP contribution is -2.70. The summed E-state index contributed by atoms with van der Waals surface area (Å²) in [6.07, 6.45) is 22.2. The Labute approximate surface area is 555 Å². The third kappa shape index (κ3) is 32.6. The molecule has 3 fully saturated rings. The minimum Gasteiger partial charge on any atom is -0.477 e. The molecular formula is C70H128N2O21. The van der Waals surface area contributed by atoms with Gasteiger partial charge in [0.15, 0.2) is 12.6 Å². The van der Waals surface area contributed by atoms with Crippen LogP contribution in [0.2, 0.25) is 0 Å². The minimum absolute atomic E-state index is 0.198. The zero-order valence-electron chi connectivity index (χ0n) is 56.9. The molecule has 18 atom stereocenters. The largest absolute Gasteiger partial charge is 0.477 e. The highest BCUT2D eigenvalue weighted by Gasteiger charge is 2.60. The molecule has 18 unspecified atom stereocenters. The van der Waals surface area contributed by atoms with Gasteiger partial charge in [-0.3, -0.25) is 9.59 Å². The summed E-state index contributed by atoms with van der Waals surface area (Å²) in [5.41, 5.74) is 0. The number of allylic oxidation sites excluding steroid dienone is 3. The second kappa shape index (κ2) is 50.5. The Bertz CT molecular complexity index is 1970. The van der Waals surface area contributed by atoms with Crippen LogP contribution in [0.15, 0.2) is 24.3 Å². The van der Waals surface area contributed by atoms with Crippen LogP contribution in [-0.2, 0) is 42.8 Å². The molecule has 3 aliphatic heterocycles. The van der Waals surface area contributed by atoms with Crippen LogP contribution in [-0.4, -0.2) is 215 Å². The van der Waals surface area contributed by atoms with Gasteiger partial charge in [0.2, 0.25) is 11.8 Å². The van der Waals surface area contributed by atoms with E-state index in [1.54, 1.807) is 6.08 Å². The van der Waals surface area contributed by atoms with E-state index >= 15 is 0 Å². The van der Waals surface area contributed by atoms with Crippen molar-refractivity contribution >= 4 is 17.8 Å². The molecule has 0 aromatic carbocycles. The number of carbonyl (C=O) groups is 3. The number of hydrogen-bond donors (Lipinski definition) is 14. The maximum absolute atomic E-state index is 13.5. The van der Waals surface area contributed by atoms with E-state index < -0.39 is 155 Å². The summed E-state index contributed by atoms with van der Waals surface area (Å²) < 4.78 is 34.8. The number of aliphatic hydroxyl groups is 11. The van der Waals surface area contributed by atoms with Crippen molar-refractivity contribution in [2.24, 2.45) is 0 Å². The fraction of sp³-hybridized carbons (Fsp3) is 0.900. The van der Waals surface area contributed by atoms with E-state index in [2.05, 4.69) is 36.6 Å². The van der Waals surface area contributed by atoms with E-state index in [4.69, 9.17) is 28.4 Å². The Balaban J connectivity index is 1.57. The van der Waals surface area contributed by atoms with Crippen molar-refractivity contribution in [2.45, 2.75) is 375 Å². The molecule has 3 rings (SSSR count). The average molecular weight is 1330 g/mol. The van der Waals surface area contributed by atoms with Crippen LogP contribution in [0.1, 0.15) is 265 Å². The Kier molecular flexibility index (Phi) is 45.9. The van der Waals surface area contributed by atoms with Crippen molar-refractivity contribution < 1.29 is 104 Å². The molecule has 0 aromatic rings. The highest BCUT2D eigenvalue weighted by atomic mass is 16.8. The number of aliphatic carboxylic acids is 1. The van der Waals surface area contributed by atoms with Crippen molar-refractivity contribution in [2.75, 3.05) is 26.4 Å². The number of nitrogens with one attached hydrogen (secondary N) is 2. The predicted octanol–water partition coefficient (Wildman–Crippen LogP) is 7.23. The molecule has 23 nitrogen and oxygen atoms in total. The van der Waals surface area contributed by atoms with Crippen LogP contribution in [0.25, 0.3) is 0 Å². The molecule has 93 heavy (non-hydrogen) atoms. The second-order valence-electron chi connectivity index (χ2n) is 26.4. The van der Waals surface area contributed by atoms with Gasteiger partial charge in [0, 0.05) is 19.8 Å². The molecule has 0 aliphatic carbocycles. The summed E-state index contributed by atoms with van der Waals surface area (Å²) in [5, 5.41) is 136. The maximum Gasteiger partial charge on any atom is 0.364 e. The lowest BCUT2D eigenvalue weighted by molar-refractivity contribution is -0.386. The average Bonchev–Trinajstić information content (AvgIpc) is 0.833. The molecule has 544 valence electrons. The Morgan fingerprint density at radius 3 is 1.46 bits per heavy atom. The third-order valence-corrected chi connectivity index (χ3v) is 18.4. The third-order valence-electron chi connectivity index (χ3n) is 18.4. The number of ether oxygens (including phenoxy) is 6. The Morgan fingerprint density at radius 1 is 0.559 bits per heavy atom. The van der Waals surface area contributed by atoms with E-state index in [1.165, 1.54) is 167 Å². The van der Waals surface area contributed by atoms with Gasteiger partial charge in [0.25, 0.3) is 5.79 Å². The van der Waals surface area contributed by atoms with Crippen LogP contribution in [0, 0.1) is 0 Å². The molecule has 0 spiro atoms. The van der Waals surface area contributed by atoms with E-state index in [1.807, 2.05) is 6.08 Å². The zero-order chi connectivity index (χ0) is 68.2. The van der Waals surface area contributed by atoms with Crippen LogP contribution in [0.4, 0.5) is 0 Å². The van der Waals surface area contributed by atoms with Gasteiger partial charge < -0.3 is 100 Å². The quantitative estimate of drug-likeness (QED) is 0.0211. The predicted molar refractivity (Wildman–Crippen MR) is 352 cm³/mol. The number of aliphatic hydroxyl groups excluding tert-OH is 11.